The van der Waals surface area contributed by atoms with Gasteiger partial charge >= 0.3 is 0 Å². The van der Waals surface area contributed by atoms with Crippen LogP contribution < -0.4 is 0 Å². The quantitative estimate of drug-likeness (QED) is 0.732. The highest BCUT2D eigenvalue weighted by Crippen LogP contribution is 2.34. The van der Waals surface area contributed by atoms with Crippen LogP contribution in [0.3, 0.4) is 0 Å². The molecular weight excluding hydrogens is 346 g/mol. The molecular formula is C17H14BrNOS. The number of halogens is 1. The first-order valence-electron chi connectivity index (χ1n) is 7.00. The monoisotopic (exact) mass is 359 g/mol. The molecule has 106 valence electrons. The fraction of sp³-hybridized carbons (Fsp3) is 0.294. The summed E-state index contributed by atoms with van der Waals surface area (Å²) >= 11 is 5.01. The minimum absolute atomic E-state index is 0.0798. The maximum atomic E-state index is 12.7. The van der Waals surface area contributed by atoms with E-state index in [0.717, 1.165) is 27.8 Å². The Kier molecular flexibility index (Phi) is 4.23. The van der Waals surface area contributed by atoms with Gasteiger partial charge in [0.25, 0.3) is 0 Å². The van der Waals surface area contributed by atoms with Gasteiger partial charge in [-0.15, -0.1) is 11.3 Å². The Morgan fingerprint density at radius 3 is 2.76 bits per heavy atom. The molecule has 1 aliphatic carbocycles. The van der Waals surface area contributed by atoms with Gasteiger partial charge in [0.05, 0.1) is 10.9 Å². The Morgan fingerprint density at radius 2 is 2.05 bits per heavy atom. The highest BCUT2D eigenvalue weighted by molar-refractivity contribution is 9.10. The number of carbonyl (C=O) groups is 1. The molecule has 1 atom stereocenters. The van der Waals surface area contributed by atoms with Gasteiger partial charge in [-0.05, 0) is 48.9 Å². The maximum Gasteiger partial charge on any atom is 0.194 e. The average molecular weight is 360 g/mol. The predicted molar refractivity (Wildman–Crippen MR) is 87.8 cm³/mol. The molecule has 1 aromatic carbocycles. The van der Waals surface area contributed by atoms with Crippen molar-refractivity contribution in [1.82, 2.24) is 0 Å². The molecule has 0 saturated heterocycles. The fourth-order valence-electron chi connectivity index (χ4n) is 2.73. The van der Waals surface area contributed by atoms with E-state index in [-0.39, 0.29) is 5.78 Å². The Bertz CT molecular complexity index is 705. The lowest BCUT2D eigenvalue weighted by Gasteiger charge is -2.09. The summed E-state index contributed by atoms with van der Waals surface area (Å²) in [5, 5.41) is 9.45. The van der Waals surface area contributed by atoms with Crippen molar-refractivity contribution in [1.29, 1.82) is 5.26 Å². The number of carbonyl (C=O) groups excluding carboxylic acids is 1. The summed E-state index contributed by atoms with van der Waals surface area (Å²) in [6.45, 7) is 0. The molecule has 0 amide bonds. The lowest BCUT2D eigenvalue weighted by molar-refractivity contribution is 0.0982. The van der Waals surface area contributed by atoms with Gasteiger partial charge in [-0.1, -0.05) is 34.1 Å². The molecule has 0 saturated carbocycles. The molecule has 0 bridgehead atoms. The van der Waals surface area contributed by atoms with Gasteiger partial charge in [0.1, 0.15) is 5.92 Å². The van der Waals surface area contributed by atoms with Crippen molar-refractivity contribution < 1.29 is 4.79 Å². The van der Waals surface area contributed by atoms with Crippen LogP contribution >= 0.6 is 27.3 Å². The molecule has 1 heterocycles. The highest BCUT2D eigenvalue weighted by Gasteiger charge is 2.26. The molecule has 0 spiro atoms. The number of nitriles is 1. The van der Waals surface area contributed by atoms with E-state index in [1.54, 1.807) is 11.3 Å². The number of Topliss-reactive ketones (excluding diaryl/α,β-unsaturated/α-hetero) is 1. The second-order valence-electron chi connectivity index (χ2n) is 5.21. The van der Waals surface area contributed by atoms with Gasteiger partial charge in [-0.25, -0.2) is 0 Å². The highest BCUT2D eigenvalue weighted by atomic mass is 79.9. The van der Waals surface area contributed by atoms with Crippen molar-refractivity contribution in [3.63, 3.8) is 0 Å². The number of nitrogens with zero attached hydrogens (tertiary/aromatic N) is 1. The maximum absolute atomic E-state index is 12.7. The minimum atomic E-state index is -0.735. The summed E-state index contributed by atoms with van der Waals surface area (Å²) in [6, 6.07) is 11.6. The second-order valence-corrected chi connectivity index (χ2v) is 7.21. The van der Waals surface area contributed by atoms with Crippen molar-refractivity contribution in [3.8, 4) is 6.07 Å². The minimum Gasteiger partial charge on any atom is -0.291 e. The van der Waals surface area contributed by atoms with Gasteiger partial charge in [0.2, 0.25) is 0 Å². The molecule has 2 aromatic rings. The van der Waals surface area contributed by atoms with Gasteiger partial charge < -0.3 is 0 Å². The van der Waals surface area contributed by atoms with Crippen molar-refractivity contribution in [3.05, 3.63) is 55.7 Å². The predicted octanol–water partition coefficient (Wildman–Crippen LogP) is 4.88. The van der Waals surface area contributed by atoms with Crippen LogP contribution in [0.1, 0.15) is 44.4 Å². The van der Waals surface area contributed by atoms with Crippen LogP contribution in [0, 0.1) is 11.3 Å². The number of ketones is 1. The van der Waals surface area contributed by atoms with Crippen molar-refractivity contribution in [2.45, 2.75) is 31.6 Å². The van der Waals surface area contributed by atoms with E-state index in [9.17, 15) is 10.1 Å². The third-order valence-corrected chi connectivity index (χ3v) is 5.82. The van der Waals surface area contributed by atoms with E-state index in [1.807, 2.05) is 30.3 Å². The van der Waals surface area contributed by atoms with Crippen LogP contribution in [0.25, 0.3) is 0 Å². The number of hydrogen-bond donors (Lipinski definition) is 0. The topological polar surface area (TPSA) is 40.9 Å². The summed E-state index contributed by atoms with van der Waals surface area (Å²) in [5.74, 6) is -0.815. The van der Waals surface area contributed by atoms with E-state index >= 15 is 0 Å². The zero-order chi connectivity index (χ0) is 14.8. The zero-order valence-corrected chi connectivity index (χ0v) is 13.8. The molecule has 3 rings (SSSR count). The van der Waals surface area contributed by atoms with Gasteiger partial charge in [0.15, 0.2) is 5.78 Å². The first-order chi connectivity index (χ1) is 10.2. The lowest BCUT2D eigenvalue weighted by atomic mass is 9.94. The van der Waals surface area contributed by atoms with Gasteiger partial charge in [0, 0.05) is 9.35 Å². The Labute approximate surface area is 136 Å². The molecule has 0 N–H and O–H groups in total. The summed E-state index contributed by atoms with van der Waals surface area (Å²) in [7, 11) is 0. The largest absolute Gasteiger partial charge is 0.291 e. The van der Waals surface area contributed by atoms with Crippen molar-refractivity contribution >= 4 is 33.0 Å². The average Bonchev–Trinajstić information content (AvgIpc) is 2.93. The van der Waals surface area contributed by atoms with Crippen LogP contribution in [-0.4, -0.2) is 5.78 Å². The second kappa shape index (κ2) is 6.13. The number of aryl methyl sites for hydroxylation is 2. The van der Waals surface area contributed by atoms with Crippen LogP contribution in [0.5, 0.6) is 0 Å². The van der Waals surface area contributed by atoms with Crippen LogP contribution in [0.4, 0.5) is 0 Å². The standard InChI is InChI=1S/C17H14BrNOS/c18-14-7-3-2-6-12(14)13(10-19)17(20)16-9-11-5-1-4-8-15(11)21-16/h2-3,6-7,9,13H,1,4-5,8H2. The SMILES string of the molecule is N#CC(C(=O)c1cc2c(s1)CCCC2)c1ccccc1Br. The molecule has 0 radical (unpaired) electrons. The molecule has 0 aliphatic heterocycles. The first-order valence-corrected chi connectivity index (χ1v) is 8.61. The van der Waals surface area contributed by atoms with E-state index in [2.05, 4.69) is 22.0 Å². The first kappa shape index (κ1) is 14.5. The number of benzene rings is 1. The van der Waals surface area contributed by atoms with Gasteiger partial charge in [-0.3, -0.25) is 4.79 Å². The van der Waals surface area contributed by atoms with Crippen LogP contribution in [0.2, 0.25) is 0 Å². The normalized spacial score (nSPS) is 15.0. The molecule has 1 aromatic heterocycles. The molecule has 0 fully saturated rings. The number of hydrogen-bond acceptors (Lipinski definition) is 3. The lowest BCUT2D eigenvalue weighted by Crippen LogP contribution is -2.10. The summed E-state index contributed by atoms with van der Waals surface area (Å²) in [5.41, 5.74) is 2.05. The number of rotatable bonds is 3. The number of fused-ring (bicyclic) bond motifs is 1. The van der Waals surface area contributed by atoms with Crippen molar-refractivity contribution in [2.24, 2.45) is 0 Å². The molecule has 21 heavy (non-hydrogen) atoms. The van der Waals surface area contributed by atoms with E-state index in [0.29, 0.717) is 0 Å². The van der Waals surface area contributed by atoms with E-state index < -0.39 is 5.92 Å². The Hall–Kier alpha value is -1.44. The summed E-state index contributed by atoms with van der Waals surface area (Å²) in [6.07, 6.45) is 4.53. The molecule has 1 unspecified atom stereocenters. The fourth-order valence-corrected chi connectivity index (χ4v) is 4.47. The zero-order valence-electron chi connectivity index (χ0n) is 11.4. The van der Waals surface area contributed by atoms with Crippen LogP contribution in [-0.2, 0) is 12.8 Å². The molecule has 2 nitrogen and oxygen atoms in total. The molecule has 1 aliphatic rings. The third-order valence-electron chi connectivity index (χ3n) is 3.85. The number of thiophene rings is 1. The third kappa shape index (κ3) is 2.81. The molecule has 4 heteroatoms. The van der Waals surface area contributed by atoms with Gasteiger partial charge in [-0.2, -0.15) is 5.26 Å². The van der Waals surface area contributed by atoms with E-state index in [1.165, 1.54) is 23.3 Å². The van der Waals surface area contributed by atoms with Crippen molar-refractivity contribution in [2.75, 3.05) is 0 Å². The Morgan fingerprint density at radius 1 is 1.29 bits per heavy atom. The van der Waals surface area contributed by atoms with Crippen LogP contribution in [0.15, 0.2) is 34.8 Å². The summed E-state index contributed by atoms with van der Waals surface area (Å²) < 4.78 is 0.811. The van der Waals surface area contributed by atoms with E-state index in [4.69, 9.17) is 0 Å². The smallest absolute Gasteiger partial charge is 0.194 e. The Balaban J connectivity index is 1.95. The summed E-state index contributed by atoms with van der Waals surface area (Å²) in [4.78, 5) is 14.8.